The zero-order valence-corrected chi connectivity index (χ0v) is 8.57. The second-order valence-corrected chi connectivity index (χ2v) is 3.70. The summed E-state index contributed by atoms with van der Waals surface area (Å²) in [5, 5.41) is 3.25. The molecule has 1 saturated heterocycles. The summed E-state index contributed by atoms with van der Waals surface area (Å²) in [6.07, 6.45) is 5.14. The molecule has 82 valence electrons. The van der Waals surface area contributed by atoms with Crippen LogP contribution in [0.1, 0.15) is 23.2 Å². The van der Waals surface area contributed by atoms with Gasteiger partial charge in [-0.05, 0) is 32.0 Å². The molecule has 1 N–H and O–H groups in total. The van der Waals surface area contributed by atoms with E-state index >= 15 is 0 Å². The fraction of sp³-hybridized carbons (Fsp3) is 0.545. The van der Waals surface area contributed by atoms with Crippen LogP contribution >= 0.6 is 0 Å². The highest BCUT2D eigenvalue weighted by Gasteiger charge is 2.15. The number of ketones is 1. The molecular formula is C11H15NO3. The first-order valence-electron chi connectivity index (χ1n) is 5.24. The molecule has 0 unspecified atom stereocenters. The first-order chi connectivity index (χ1) is 7.36. The van der Waals surface area contributed by atoms with Crippen LogP contribution in [0, 0.1) is 0 Å². The fourth-order valence-electron chi connectivity index (χ4n) is 1.66. The summed E-state index contributed by atoms with van der Waals surface area (Å²) >= 11 is 0. The summed E-state index contributed by atoms with van der Waals surface area (Å²) < 4.78 is 10.4. The highest BCUT2D eigenvalue weighted by Crippen LogP contribution is 2.08. The van der Waals surface area contributed by atoms with Crippen molar-refractivity contribution in [2.24, 2.45) is 0 Å². The van der Waals surface area contributed by atoms with Crippen LogP contribution in [0.15, 0.2) is 23.0 Å². The Balaban J connectivity index is 1.75. The Labute approximate surface area is 88.6 Å². The van der Waals surface area contributed by atoms with Gasteiger partial charge in [-0.25, -0.2) is 0 Å². The Bertz CT molecular complexity index is 302. The standard InChI is InChI=1S/C11H15NO3/c13-11(9-3-6-14-7-9)8-15-10-1-4-12-5-2-10/h3,6-7,10,12H,1-2,4-5,8H2. The van der Waals surface area contributed by atoms with Crippen molar-refractivity contribution in [1.29, 1.82) is 0 Å². The lowest BCUT2D eigenvalue weighted by atomic mass is 10.1. The quantitative estimate of drug-likeness (QED) is 0.758. The fourth-order valence-corrected chi connectivity index (χ4v) is 1.66. The summed E-state index contributed by atoms with van der Waals surface area (Å²) in [5.41, 5.74) is 0.587. The lowest BCUT2D eigenvalue weighted by Crippen LogP contribution is -2.33. The van der Waals surface area contributed by atoms with E-state index in [1.54, 1.807) is 6.07 Å². The Morgan fingerprint density at radius 3 is 3.00 bits per heavy atom. The van der Waals surface area contributed by atoms with Crippen molar-refractivity contribution < 1.29 is 13.9 Å². The van der Waals surface area contributed by atoms with Gasteiger partial charge in [0.1, 0.15) is 12.9 Å². The topological polar surface area (TPSA) is 51.5 Å². The third kappa shape index (κ3) is 2.91. The van der Waals surface area contributed by atoms with E-state index in [1.165, 1.54) is 12.5 Å². The molecule has 1 aliphatic heterocycles. The summed E-state index contributed by atoms with van der Waals surface area (Å²) in [6, 6.07) is 1.66. The zero-order valence-electron chi connectivity index (χ0n) is 8.57. The molecule has 0 amide bonds. The third-order valence-corrected chi connectivity index (χ3v) is 2.58. The number of nitrogens with one attached hydrogen (secondary N) is 1. The van der Waals surface area contributed by atoms with Crippen LogP contribution in [0.25, 0.3) is 0 Å². The number of ether oxygens (including phenoxy) is 1. The lowest BCUT2D eigenvalue weighted by Gasteiger charge is -2.22. The van der Waals surface area contributed by atoms with Gasteiger partial charge in [-0.1, -0.05) is 0 Å². The number of Topliss-reactive ketones (excluding diaryl/α,β-unsaturated/α-hetero) is 1. The van der Waals surface area contributed by atoms with Gasteiger partial charge >= 0.3 is 0 Å². The van der Waals surface area contributed by atoms with Crippen molar-refractivity contribution in [3.8, 4) is 0 Å². The number of furan rings is 1. The average molecular weight is 209 g/mol. The smallest absolute Gasteiger partial charge is 0.191 e. The third-order valence-electron chi connectivity index (χ3n) is 2.58. The normalized spacial score (nSPS) is 17.9. The molecule has 1 aliphatic rings. The van der Waals surface area contributed by atoms with Crippen LogP contribution in [0.4, 0.5) is 0 Å². The second kappa shape index (κ2) is 5.09. The number of rotatable bonds is 4. The molecule has 1 fully saturated rings. The maximum atomic E-state index is 11.5. The molecule has 0 aromatic carbocycles. The van der Waals surface area contributed by atoms with Gasteiger partial charge in [0, 0.05) is 0 Å². The van der Waals surface area contributed by atoms with Gasteiger partial charge in [0.25, 0.3) is 0 Å². The van der Waals surface area contributed by atoms with Gasteiger partial charge in [-0.2, -0.15) is 0 Å². The molecule has 0 saturated carbocycles. The van der Waals surface area contributed by atoms with Gasteiger partial charge < -0.3 is 14.5 Å². The summed E-state index contributed by atoms with van der Waals surface area (Å²) in [5.74, 6) is -0.0118. The maximum absolute atomic E-state index is 11.5. The molecule has 0 bridgehead atoms. The second-order valence-electron chi connectivity index (χ2n) is 3.70. The zero-order chi connectivity index (χ0) is 10.5. The van der Waals surface area contributed by atoms with E-state index in [0.717, 1.165) is 25.9 Å². The van der Waals surface area contributed by atoms with E-state index in [1.807, 2.05) is 0 Å². The Kier molecular flexibility index (Phi) is 3.53. The van der Waals surface area contributed by atoms with Crippen LogP contribution in [-0.4, -0.2) is 31.6 Å². The molecular weight excluding hydrogens is 194 g/mol. The van der Waals surface area contributed by atoms with Crippen LogP contribution in [0.2, 0.25) is 0 Å². The molecule has 1 aromatic rings. The monoisotopic (exact) mass is 209 g/mol. The van der Waals surface area contributed by atoms with Crippen molar-refractivity contribution in [2.45, 2.75) is 18.9 Å². The van der Waals surface area contributed by atoms with Crippen molar-refractivity contribution in [3.63, 3.8) is 0 Å². The van der Waals surface area contributed by atoms with Crippen LogP contribution in [-0.2, 0) is 4.74 Å². The molecule has 4 nitrogen and oxygen atoms in total. The van der Waals surface area contributed by atoms with Crippen molar-refractivity contribution in [1.82, 2.24) is 5.32 Å². The molecule has 0 atom stereocenters. The van der Waals surface area contributed by atoms with E-state index in [9.17, 15) is 4.79 Å². The minimum absolute atomic E-state index is 0.0118. The summed E-state index contributed by atoms with van der Waals surface area (Å²) in [7, 11) is 0. The van der Waals surface area contributed by atoms with E-state index in [0.29, 0.717) is 5.56 Å². The molecule has 15 heavy (non-hydrogen) atoms. The minimum Gasteiger partial charge on any atom is -0.472 e. The van der Waals surface area contributed by atoms with Gasteiger partial charge in [0.05, 0.1) is 17.9 Å². The Morgan fingerprint density at radius 1 is 1.53 bits per heavy atom. The van der Waals surface area contributed by atoms with E-state index in [4.69, 9.17) is 9.15 Å². The number of hydrogen-bond acceptors (Lipinski definition) is 4. The molecule has 0 spiro atoms. The number of hydrogen-bond donors (Lipinski definition) is 1. The highest BCUT2D eigenvalue weighted by molar-refractivity contribution is 5.96. The number of carbonyl (C=O) groups is 1. The van der Waals surface area contributed by atoms with Crippen LogP contribution in [0.3, 0.4) is 0 Å². The van der Waals surface area contributed by atoms with Gasteiger partial charge in [0.2, 0.25) is 0 Å². The van der Waals surface area contributed by atoms with E-state index < -0.39 is 0 Å². The van der Waals surface area contributed by atoms with Crippen molar-refractivity contribution >= 4 is 5.78 Å². The number of carbonyl (C=O) groups excluding carboxylic acids is 1. The van der Waals surface area contributed by atoms with Gasteiger partial charge in [0.15, 0.2) is 5.78 Å². The molecule has 0 radical (unpaired) electrons. The van der Waals surface area contributed by atoms with Gasteiger partial charge in [-0.3, -0.25) is 4.79 Å². The SMILES string of the molecule is O=C(COC1CCNCC1)c1ccoc1. The first kappa shape index (κ1) is 10.4. The molecule has 0 aliphatic carbocycles. The van der Waals surface area contributed by atoms with Gasteiger partial charge in [-0.15, -0.1) is 0 Å². The molecule has 2 heterocycles. The Hall–Kier alpha value is -1.13. The number of piperidine rings is 1. The Morgan fingerprint density at radius 2 is 2.33 bits per heavy atom. The van der Waals surface area contributed by atoms with Crippen LogP contribution < -0.4 is 5.32 Å². The van der Waals surface area contributed by atoms with Crippen molar-refractivity contribution in [2.75, 3.05) is 19.7 Å². The largest absolute Gasteiger partial charge is 0.472 e. The predicted octanol–water partition coefficient (Wildman–Crippen LogP) is 1.23. The average Bonchev–Trinajstić information content (AvgIpc) is 2.81. The first-order valence-corrected chi connectivity index (χ1v) is 5.24. The van der Waals surface area contributed by atoms with E-state index in [-0.39, 0.29) is 18.5 Å². The minimum atomic E-state index is -0.0118. The molecule has 2 rings (SSSR count). The van der Waals surface area contributed by atoms with Crippen LogP contribution in [0.5, 0.6) is 0 Å². The highest BCUT2D eigenvalue weighted by atomic mass is 16.5. The predicted molar refractivity (Wildman–Crippen MR) is 54.9 cm³/mol. The lowest BCUT2D eigenvalue weighted by molar-refractivity contribution is 0.0317. The van der Waals surface area contributed by atoms with Crippen molar-refractivity contribution in [3.05, 3.63) is 24.2 Å². The molecule has 1 aromatic heterocycles. The maximum Gasteiger partial charge on any atom is 0.191 e. The summed E-state index contributed by atoms with van der Waals surface area (Å²) in [6.45, 7) is 2.11. The summed E-state index contributed by atoms with van der Waals surface area (Å²) in [4.78, 5) is 11.5. The van der Waals surface area contributed by atoms with E-state index in [2.05, 4.69) is 5.32 Å². The molecule has 4 heteroatoms.